The molecule has 3 aromatic rings. The highest BCUT2D eigenvalue weighted by Crippen LogP contribution is 2.34. The van der Waals surface area contributed by atoms with Crippen LogP contribution in [-0.2, 0) is 13.0 Å². The number of carboxylic acid groups (broad SMARTS) is 1. The number of carbonyl (C=O) groups is 1. The van der Waals surface area contributed by atoms with Crippen molar-refractivity contribution in [3.05, 3.63) is 59.4 Å². The van der Waals surface area contributed by atoms with Crippen molar-refractivity contribution >= 4 is 11.8 Å². The summed E-state index contributed by atoms with van der Waals surface area (Å²) in [6, 6.07) is 7.43. The molecule has 0 bridgehead atoms. The predicted molar refractivity (Wildman–Crippen MR) is 110 cm³/mol. The number of hydrogen-bond donors (Lipinski definition) is 1. The summed E-state index contributed by atoms with van der Waals surface area (Å²) in [7, 11) is 0. The maximum Gasteiger partial charge on any atom is 0.407 e. The molecule has 0 atom stereocenters. The van der Waals surface area contributed by atoms with Crippen LogP contribution in [0.3, 0.4) is 0 Å². The number of halogens is 1. The van der Waals surface area contributed by atoms with Gasteiger partial charge in [0.05, 0.1) is 23.6 Å². The summed E-state index contributed by atoms with van der Waals surface area (Å²) in [5, 5.41) is 20.1. The van der Waals surface area contributed by atoms with Crippen LogP contribution in [0, 0.1) is 5.82 Å². The van der Waals surface area contributed by atoms with E-state index in [1.165, 1.54) is 22.0 Å². The van der Waals surface area contributed by atoms with E-state index in [-0.39, 0.29) is 5.82 Å². The summed E-state index contributed by atoms with van der Waals surface area (Å²) >= 11 is 0. The zero-order valence-corrected chi connectivity index (χ0v) is 16.9. The smallest absolute Gasteiger partial charge is 0.407 e. The number of fused-ring (bicyclic) bond motifs is 1. The van der Waals surface area contributed by atoms with Gasteiger partial charge in [-0.15, -0.1) is 5.10 Å². The Morgan fingerprint density at radius 1 is 1.19 bits per heavy atom. The molecule has 1 N–H and O–H groups in total. The quantitative estimate of drug-likeness (QED) is 0.688. The monoisotopic (exact) mass is 423 g/mol. The van der Waals surface area contributed by atoms with Crippen LogP contribution in [0.1, 0.15) is 35.6 Å². The number of tetrazole rings is 1. The molecular weight excluding hydrogens is 401 g/mol. The van der Waals surface area contributed by atoms with Gasteiger partial charge in [0.1, 0.15) is 12.1 Å². The van der Waals surface area contributed by atoms with E-state index >= 15 is 0 Å². The maximum absolute atomic E-state index is 14.9. The number of likely N-dealkylation sites (tertiary alicyclic amines) is 1. The summed E-state index contributed by atoms with van der Waals surface area (Å²) in [5.74, 6) is 0.0362. The summed E-state index contributed by atoms with van der Waals surface area (Å²) in [6.07, 6.45) is 4.84. The number of benzene rings is 1. The Bertz CT molecular complexity index is 1080. The Labute approximate surface area is 178 Å². The number of nitrogens with zero attached hydrogens (tertiary/aromatic N) is 7. The topological polar surface area (TPSA) is 100 Å². The van der Waals surface area contributed by atoms with Crippen LogP contribution in [-0.4, -0.2) is 60.9 Å². The third kappa shape index (κ3) is 3.80. The van der Waals surface area contributed by atoms with Crippen molar-refractivity contribution in [1.29, 1.82) is 0 Å². The van der Waals surface area contributed by atoms with E-state index in [4.69, 9.17) is 5.11 Å². The lowest BCUT2D eigenvalue weighted by Gasteiger charge is -2.30. The van der Waals surface area contributed by atoms with Crippen LogP contribution in [0.4, 0.5) is 14.9 Å². The molecule has 1 aromatic carbocycles. The second-order valence-electron chi connectivity index (χ2n) is 7.99. The van der Waals surface area contributed by atoms with Crippen LogP contribution in [0.2, 0.25) is 0 Å². The standard InChI is InChI=1S/C21H22FN7O2/c22-19-10-18(29-13-24-25-26-29)9-15-5-8-28(20(15)19)12-17-2-1-16(11-23-17)14-3-6-27(7-4-14)21(30)31/h1-2,9-11,13-14H,3-8,12H2,(H,30,31). The van der Waals surface area contributed by atoms with Crippen LogP contribution < -0.4 is 4.90 Å². The van der Waals surface area contributed by atoms with E-state index in [1.807, 2.05) is 23.2 Å². The number of aromatic nitrogens is 5. The third-order valence-corrected chi connectivity index (χ3v) is 6.15. The second-order valence-corrected chi connectivity index (χ2v) is 7.99. The minimum absolute atomic E-state index is 0.290. The van der Waals surface area contributed by atoms with Crippen molar-refractivity contribution in [2.45, 2.75) is 31.7 Å². The van der Waals surface area contributed by atoms with Crippen molar-refractivity contribution < 1.29 is 14.3 Å². The van der Waals surface area contributed by atoms with Gasteiger partial charge < -0.3 is 14.9 Å². The fourth-order valence-corrected chi connectivity index (χ4v) is 4.49. The van der Waals surface area contributed by atoms with Gasteiger partial charge in [-0.2, -0.15) is 0 Å². The average Bonchev–Trinajstić information content (AvgIpc) is 3.45. The lowest BCUT2D eigenvalue weighted by molar-refractivity contribution is 0.132. The first-order chi connectivity index (χ1) is 15.1. The highest BCUT2D eigenvalue weighted by Gasteiger charge is 2.26. The van der Waals surface area contributed by atoms with E-state index in [2.05, 4.69) is 26.6 Å². The SMILES string of the molecule is O=C(O)N1CCC(c2ccc(CN3CCc4cc(-n5cnnn5)cc(F)c43)nc2)CC1. The minimum atomic E-state index is -0.852. The highest BCUT2D eigenvalue weighted by molar-refractivity contribution is 5.65. The van der Waals surface area contributed by atoms with Gasteiger partial charge in [0.2, 0.25) is 0 Å². The van der Waals surface area contributed by atoms with Gasteiger partial charge in [-0.25, -0.2) is 13.9 Å². The molecule has 2 aliphatic heterocycles. The molecule has 31 heavy (non-hydrogen) atoms. The van der Waals surface area contributed by atoms with Gasteiger partial charge in [0, 0.05) is 31.9 Å². The Morgan fingerprint density at radius 3 is 2.71 bits per heavy atom. The van der Waals surface area contributed by atoms with E-state index in [0.29, 0.717) is 36.9 Å². The summed E-state index contributed by atoms with van der Waals surface area (Å²) in [5.41, 5.74) is 4.17. The fourth-order valence-electron chi connectivity index (χ4n) is 4.49. The molecule has 0 spiro atoms. The summed E-state index contributed by atoms with van der Waals surface area (Å²) in [6.45, 7) is 2.37. The molecule has 1 saturated heterocycles. The van der Waals surface area contributed by atoms with E-state index in [1.54, 1.807) is 0 Å². The summed E-state index contributed by atoms with van der Waals surface area (Å²) < 4.78 is 16.4. The lowest BCUT2D eigenvalue weighted by Crippen LogP contribution is -2.36. The van der Waals surface area contributed by atoms with Crippen LogP contribution in [0.5, 0.6) is 0 Å². The molecule has 2 aromatic heterocycles. The Hall–Kier alpha value is -3.56. The van der Waals surface area contributed by atoms with E-state index < -0.39 is 6.09 Å². The molecular formula is C21H22FN7O2. The molecule has 0 saturated carbocycles. The fraction of sp³-hybridized carbons (Fsp3) is 0.381. The van der Waals surface area contributed by atoms with Gasteiger partial charge in [0.15, 0.2) is 0 Å². The molecule has 0 unspecified atom stereocenters. The largest absolute Gasteiger partial charge is 0.465 e. The van der Waals surface area contributed by atoms with Gasteiger partial charge in [-0.1, -0.05) is 6.07 Å². The molecule has 160 valence electrons. The van der Waals surface area contributed by atoms with Crippen LogP contribution in [0.25, 0.3) is 5.69 Å². The van der Waals surface area contributed by atoms with Crippen molar-refractivity contribution in [3.63, 3.8) is 0 Å². The number of amides is 1. The first kappa shape index (κ1) is 19.4. The number of rotatable bonds is 4. The zero-order chi connectivity index (χ0) is 21.4. The van der Waals surface area contributed by atoms with Crippen LogP contribution in [0.15, 0.2) is 36.8 Å². The summed E-state index contributed by atoms with van der Waals surface area (Å²) in [4.78, 5) is 19.2. The Morgan fingerprint density at radius 2 is 2.03 bits per heavy atom. The van der Waals surface area contributed by atoms with E-state index in [9.17, 15) is 9.18 Å². The van der Waals surface area contributed by atoms with Crippen molar-refractivity contribution in [2.24, 2.45) is 0 Å². The zero-order valence-electron chi connectivity index (χ0n) is 16.9. The third-order valence-electron chi connectivity index (χ3n) is 6.15. The molecule has 5 rings (SSSR count). The Kier molecular flexibility index (Phi) is 4.97. The maximum atomic E-state index is 14.9. The van der Waals surface area contributed by atoms with Crippen molar-refractivity contribution in [2.75, 3.05) is 24.5 Å². The van der Waals surface area contributed by atoms with Gasteiger partial charge in [0.25, 0.3) is 0 Å². The molecule has 0 radical (unpaired) electrons. The minimum Gasteiger partial charge on any atom is -0.465 e. The molecule has 1 fully saturated rings. The first-order valence-corrected chi connectivity index (χ1v) is 10.3. The first-order valence-electron chi connectivity index (χ1n) is 10.3. The van der Waals surface area contributed by atoms with E-state index in [0.717, 1.165) is 42.6 Å². The second kappa shape index (κ2) is 7.93. The van der Waals surface area contributed by atoms with Gasteiger partial charge >= 0.3 is 6.09 Å². The highest BCUT2D eigenvalue weighted by atomic mass is 19.1. The molecule has 4 heterocycles. The number of piperidine rings is 1. The van der Waals surface area contributed by atoms with Gasteiger partial charge in [-0.3, -0.25) is 4.98 Å². The molecule has 1 amide bonds. The normalized spacial score (nSPS) is 16.5. The number of pyridine rings is 1. The lowest BCUT2D eigenvalue weighted by atomic mass is 9.90. The molecule has 9 nitrogen and oxygen atoms in total. The van der Waals surface area contributed by atoms with Crippen molar-refractivity contribution in [1.82, 2.24) is 30.1 Å². The Balaban J connectivity index is 1.27. The number of anilines is 1. The number of hydrogen-bond acceptors (Lipinski definition) is 6. The van der Waals surface area contributed by atoms with Crippen LogP contribution >= 0.6 is 0 Å². The van der Waals surface area contributed by atoms with Crippen molar-refractivity contribution in [3.8, 4) is 5.69 Å². The molecule has 10 heteroatoms. The average molecular weight is 423 g/mol. The van der Waals surface area contributed by atoms with Gasteiger partial charge in [-0.05, 0) is 58.9 Å². The predicted octanol–water partition coefficient (Wildman–Crippen LogP) is 2.62. The molecule has 0 aliphatic carbocycles. The molecule has 2 aliphatic rings.